The minimum atomic E-state index is -0.0955. The van der Waals surface area contributed by atoms with Gasteiger partial charge in [-0.3, -0.25) is 9.89 Å². The summed E-state index contributed by atoms with van der Waals surface area (Å²) < 4.78 is 5.20. The summed E-state index contributed by atoms with van der Waals surface area (Å²) in [7, 11) is 0. The Kier molecular flexibility index (Phi) is 4.39. The number of hydrogen-bond acceptors (Lipinski definition) is 6. The standard InChI is InChI=1S/C19H22N6O2/c1-11(2)19(26)21-15-5-4-7-20-18(15)25-8-6-14-13(10-25)17(23-22-14)16-9-12(3)27-24-16/h4-5,7,9,11H,6,8,10H2,1-3H3,(H,21,26)(H,22,23). The molecule has 0 spiro atoms. The third-order valence-electron chi connectivity index (χ3n) is 4.67. The van der Waals surface area contributed by atoms with E-state index in [0.717, 1.165) is 52.9 Å². The Morgan fingerprint density at radius 3 is 3.00 bits per heavy atom. The maximum atomic E-state index is 12.2. The van der Waals surface area contributed by atoms with E-state index in [1.807, 2.05) is 39.0 Å². The number of amides is 1. The van der Waals surface area contributed by atoms with Crippen LogP contribution in [-0.2, 0) is 17.8 Å². The summed E-state index contributed by atoms with van der Waals surface area (Å²) in [6.07, 6.45) is 2.56. The van der Waals surface area contributed by atoms with Gasteiger partial charge in [0.1, 0.15) is 17.1 Å². The Morgan fingerprint density at radius 1 is 1.41 bits per heavy atom. The normalized spacial score (nSPS) is 13.7. The maximum Gasteiger partial charge on any atom is 0.227 e. The van der Waals surface area contributed by atoms with Crippen LogP contribution in [0, 0.1) is 12.8 Å². The Hall–Kier alpha value is -3.16. The first kappa shape index (κ1) is 17.3. The highest BCUT2D eigenvalue weighted by atomic mass is 16.5. The lowest BCUT2D eigenvalue weighted by Gasteiger charge is -2.29. The Balaban J connectivity index is 1.64. The van der Waals surface area contributed by atoms with E-state index in [0.29, 0.717) is 6.54 Å². The molecule has 2 N–H and O–H groups in total. The van der Waals surface area contributed by atoms with Crippen molar-refractivity contribution in [1.82, 2.24) is 20.3 Å². The lowest BCUT2D eigenvalue weighted by Crippen LogP contribution is -2.32. The number of fused-ring (bicyclic) bond motifs is 1. The molecule has 0 saturated heterocycles. The first-order valence-corrected chi connectivity index (χ1v) is 9.03. The number of aromatic amines is 1. The van der Waals surface area contributed by atoms with Gasteiger partial charge in [0.25, 0.3) is 0 Å². The summed E-state index contributed by atoms with van der Waals surface area (Å²) in [5.41, 5.74) is 4.44. The molecule has 1 amide bonds. The van der Waals surface area contributed by atoms with Crippen LogP contribution in [0.2, 0.25) is 0 Å². The zero-order valence-electron chi connectivity index (χ0n) is 15.6. The molecule has 8 heteroatoms. The van der Waals surface area contributed by atoms with Crippen molar-refractivity contribution in [3.63, 3.8) is 0 Å². The van der Waals surface area contributed by atoms with Crippen molar-refractivity contribution in [1.29, 1.82) is 0 Å². The van der Waals surface area contributed by atoms with Crippen LogP contribution in [0.3, 0.4) is 0 Å². The minimum Gasteiger partial charge on any atom is -0.361 e. The number of nitrogens with zero attached hydrogens (tertiary/aromatic N) is 4. The van der Waals surface area contributed by atoms with Gasteiger partial charge in [-0.15, -0.1) is 0 Å². The van der Waals surface area contributed by atoms with Crippen molar-refractivity contribution in [2.24, 2.45) is 5.92 Å². The molecule has 0 aliphatic carbocycles. The summed E-state index contributed by atoms with van der Waals surface area (Å²) >= 11 is 0. The molecule has 4 rings (SSSR count). The zero-order chi connectivity index (χ0) is 19.0. The molecule has 1 aliphatic rings. The van der Waals surface area contributed by atoms with Crippen LogP contribution in [0.5, 0.6) is 0 Å². The second-order valence-electron chi connectivity index (χ2n) is 7.04. The number of aromatic nitrogens is 4. The number of rotatable bonds is 4. The highest BCUT2D eigenvalue weighted by molar-refractivity contribution is 5.94. The monoisotopic (exact) mass is 366 g/mol. The van der Waals surface area contributed by atoms with Crippen LogP contribution in [0.25, 0.3) is 11.4 Å². The second-order valence-corrected chi connectivity index (χ2v) is 7.04. The van der Waals surface area contributed by atoms with Crippen LogP contribution >= 0.6 is 0 Å². The number of carbonyl (C=O) groups excluding carboxylic acids is 1. The fourth-order valence-corrected chi connectivity index (χ4v) is 3.19. The van der Waals surface area contributed by atoms with E-state index in [4.69, 9.17) is 4.52 Å². The smallest absolute Gasteiger partial charge is 0.227 e. The molecule has 0 fully saturated rings. The average Bonchev–Trinajstić information content (AvgIpc) is 3.27. The van der Waals surface area contributed by atoms with Crippen molar-refractivity contribution in [3.8, 4) is 11.4 Å². The largest absolute Gasteiger partial charge is 0.361 e. The van der Waals surface area contributed by atoms with Gasteiger partial charge >= 0.3 is 0 Å². The van der Waals surface area contributed by atoms with E-state index in [9.17, 15) is 4.79 Å². The molecule has 1 aliphatic heterocycles. The molecule has 140 valence electrons. The van der Waals surface area contributed by atoms with Crippen molar-refractivity contribution >= 4 is 17.4 Å². The summed E-state index contributed by atoms with van der Waals surface area (Å²) in [5.74, 6) is 1.39. The molecular weight excluding hydrogens is 344 g/mol. The number of carbonyl (C=O) groups is 1. The lowest BCUT2D eigenvalue weighted by molar-refractivity contribution is -0.118. The summed E-state index contributed by atoms with van der Waals surface area (Å²) in [6, 6.07) is 5.59. The number of nitrogens with one attached hydrogen (secondary N) is 2. The van der Waals surface area contributed by atoms with Crippen LogP contribution < -0.4 is 10.2 Å². The molecule has 3 aromatic rings. The van der Waals surface area contributed by atoms with Gasteiger partial charge in [0.2, 0.25) is 5.91 Å². The van der Waals surface area contributed by atoms with Crippen LogP contribution in [-0.4, -0.2) is 32.8 Å². The maximum absolute atomic E-state index is 12.2. The number of anilines is 2. The molecule has 0 saturated carbocycles. The molecule has 3 aromatic heterocycles. The van der Waals surface area contributed by atoms with E-state index in [2.05, 4.69) is 30.6 Å². The van der Waals surface area contributed by atoms with Gasteiger partial charge in [0.05, 0.1) is 5.69 Å². The van der Waals surface area contributed by atoms with E-state index in [1.165, 1.54) is 0 Å². The SMILES string of the molecule is Cc1cc(-c2n[nH]c3c2CN(c2ncccc2NC(=O)C(C)C)CC3)no1. The third kappa shape index (κ3) is 3.30. The summed E-state index contributed by atoms with van der Waals surface area (Å²) in [6.45, 7) is 7.02. The predicted molar refractivity (Wildman–Crippen MR) is 101 cm³/mol. The van der Waals surface area contributed by atoms with Gasteiger partial charge in [-0.05, 0) is 19.1 Å². The highest BCUT2D eigenvalue weighted by Crippen LogP contribution is 2.32. The van der Waals surface area contributed by atoms with Gasteiger partial charge in [0.15, 0.2) is 5.82 Å². The molecule has 4 heterocycles. The van der Waals surface area contributed by atoms with Crippen molar-refractivity contribution in [2.45, 2.75) is 33.7 Å². The van der Waals surface area contributed by atoms with Crippen LogP contribution in [0.1, 0.15) is 30.9 Å². The fourth-order valence-electron chi connectivity index (χ4n) is 3.19. The fraction of sp³-hybridized carbons (Fsp3) is 0.368. The van der Waals surface area contributed by atoms with Gasteiger partial charge in [0, 0.05) is 48.9 Å². The average molecular weight is 366 g/mol. The number of H-pyrrole nitrogens is 1. The Morgan fingerprint density at radius 2 is 2.26 bits per heavy atom. The first-order chi connectivity index (χ1) is 13.0. The number of pyridine rings is 1. The molecule has 0 unspecified atom stereocenters. The molecule has 0 atom stereocenters. The highest BCUT2D eigenvalue weighted by Gasteiger charge is 2.26. The minimum absolute atomic E-state index is 0.0241. The lowest BCUT2D eigenvalue weighted by atomic mass is 10.0. The summed E-state index contributed by atoms with van der Waals surface area (Å²) in [5, 5.41) is 14.6. The number of hydrogen-bond donors (Lipinski definition) is 2. The van der Waals surface area contributed by atoms with E-state index >= 15 is 0 Å². The van der Waals surface area contributed by atoms with Gasteiger partial charge in [-0.25, -0.2) is 4.98 Å². The molecular formula is C19H22N6O2. The van der Waals surface area contributed by atoms with Crippen LogP contribution in [0.4, 0.5) is 11.5 Å². The molecule has 0 bridgehead atoms. The van der Waals surface area contributed by atoms with Crippen molar-refractivity contribution in [3.05, 3.63) is 41.4 Å². The molecule has 0 aromatic carbocycles. The van der Waals surface area contributed by atoms with E-state index in [1.54, 1.807) is 6.20 Å². The van der Waals surface area contributed by atoms with Gasteiger partial charge < -0.3 is 14.7 Å². The molecule has 8 nitrogen and oxygen atoms in total. The Labute approximate surface area is 157 Å². The van der Waals surface area contributed by atoms with Crippen molar-refractivity contribution in [2.75, 3.05) is 16.8 Å². The van der Waals surface area contributed by atoms with Crippen LogP contribution in [0.15, 0.2) is 28.9 Å². The molecule has 0 radical (unpaired) electrons. The summed E-state index contributed by atoms with van der Waals surface area (Å²) in [4.78, 5) is 18.8. The second kappa shape index (κ2) is 6.86. The third-order valence-corrected chi connectivity index (χ3v) is 4.67. The molecule has 27 heavy (non-hydrogen) atoms. The topological polar surface area (TPSA) is 99.9 Å². The predicted octanol–water partition coefficient (Wildman–Crippen LogP) is 2.93. The van der Waals surface area contributed by atoms with Gasteiger partial charge in [-0.2, -0.15) is 5.10 Å². The Bertz CT molecular complexity index is 974. The van der Waals surface area contributed by atoms with E-state index in [-0.39, 0.29) is 11.8 Å². The first-order valence-electron chi connectivity index (χ1n) is 9.03. The van der Waals surface area contributed by atoms with Crippen molar-refractivity contribution < 1.29 is 9.32 Å². The number of aryl methyl sites for hydroxylation is 1. The van der Waals surface area contributed by atoms with E-state index < -0.39 is 0 Å². The van der Waals surface area contributed by atoms with Gasteiger partial charge in [-0.1, -0.05) is 19.0 Å². The zero-order valence-corrected chi connectivity index (χ0v) is 15.6. The quantitative estimate of drug-likeness (QED) is 0.736.